The first-order valence-corrected chi connectivity index (χ1v) is 5.31. The Balaban J connectivity index is 3.03. The molecule has 2 heteroatoms. The quantitative estimate of drug-likeness (QED) is 0.737. The van der Waals surface area contributed by atoms with Crippen molar-refractivity contribution in [1.29, 1.82) is 5.26 Å². The zero-order valence-corrected chi connectivity index (χ0v) is 9.26. The molecule has 80 valence electrons. The molecule has 0 aliphatic heterocycles. The number of rotatable bonds is 4. The summed E-state index contributed by atoms with van der Waals surface area (Å²) in [4.78, 5) is 0. The van der Waals surface area contributed by atoms with Crippen molar-refractivity contribution in [3.63, 3.8) is 0 Å². The van der Waals surface area contributed by atoms with Crippen molar-refractivity contribution in [3.05, 3.63) is 34.9 Å². The maximum Gasteiger partial charge on any atom is 0.0994 e. The Morgan fingerprint density at radius 1 is 1.47 bits per heavy atom. The topological polar surface area (TPSA) is 23.8 Å². The van der Waals surface area contributed by atoms with E-state index in [-0.39, 0.29) is 12.6 Å². The zero-order chi connectivity index (χ0) is 11.3. The van der Waals surface area contributed by atoms with Crippen molar-refractivity contribution < 1.29 is 4.39 Å². The average molecular weight is 205 g/mol. The standard InChI is InChI=1S/C13H16FN/c1-3-4-11-5-6-12(10(2)8-14)7-13(11)9-15/h5-7,10H,3-4,8H2,1-2H3. The molecule has 15 heavy (non-hydrogen) atoms. The van der Waals surface area contributed by atoms with Crippen LogP contribution in [0.3, 0.4) is 0 Å². The van der Waals surface area contributed by atoms with E-state index in [9.17, 15) is 4.39 Å². The second-order valence-corrected chi connectivity index (χ2v) is 3.83. The summed E-state index contributed by atoms with van der Waals surface area (Å²) >= 11 is 0. The fourth-order valence-corrected chi connectivity index (χ4v) is 1.58. The molecular weight excluding hydrogens is 189 g/mol. The van der Waals surface area contributed by atoms with Crippen LogP contribution in [-0.4, -0.2) is 6.67 Å². The summed E-state index contributed by atoms with van der Waals surface area (Å²) in [7, 11) is 0. The van der Waals surface area contributed by atoms with Gasteiger partial charge in [-0.2, -0.15) is 5.26 Å². The van der Waals surface area contributed by atoms with E-state index < -0.39 is 0 Å². The zero-order valence-electron chi connectivity index (χ0n) is 9.26. The molecule has 0 bridgehead atoms. The highest BCUT2D eigenvalue weighted by atomic mass is 19.1. The van der Waals surface area contributed by atoms with Crippen LogP contribution in [0.5, 0.6) is 0 Å². The number of nitriles is 1. The van der Waals surface area contributed by atoms with Gasteiger partial charge in [-0.1, -0.05) is 32.4 Å². The fourth-order valence-electron chi connectivity index (χ4n) is 1.58. The van der Waals surface area contributed by atoms with E-state index in [0.29, 0.717) is 5.56 Å². The summed E-state index contributed by atoms with van der Waals surface area (Å²) in [5, 5.41) is 8.98. The van der Waals surface area contributed by atoms with Gasteiger partial charge in [0.25, 0.3) is 0 Å². The fraction of sp³-hybridized carbons (Fsp3) is 0.462. The highest BCUT2D eigenvalue weighted by molar-refractivity contribution is 5.41. The lowest BCUT2D eigenvalue weighted by Gasteiger charge is -2.09. The summed E-state index contributed by atoms with van der Waals surface area (Å²) in [6.45, 7) is 3.53. The predicted molar refractivity (Wildman–Crippen MR) is 59.5 cm³/mol. The second-order valence-electron chi connectivity index (χ2n) is 3.83. The lowest BCUT2D eigenvalue weighted by Crippen LogP contribution is -1.98. The summed E-state index contributed by atoms with van der Waals surface area (Å²) in [5.74, 6) is -0.118. The van der Waals surface area contributed by atoms with Gasteiger partial charge < -0.3 is 0 Å². The monoisotopic (exact) mass is 205 g/mol. The molecule has 0 aromatic heterocycles. The van der Waals surface area contributed by atoms with Crippen molar-refractivity contribution >= 4 is 0 Å². The summed E-state index contributed by atoms with van der Waals surface area (Å²) in [5.41, 5.74) is 2.67. The maximum absolute atomic E-state index is 12.5. The van der Waals surface area contributed by atoms with Crippen LogP contribution in [-0.2, 0) is 6.42 Å². The first-order valence-electron chi connectivity index (χ1n) is 5.31. The number of hydrogen-bond donors (Lipinski definition) is 0. The minimum atomic E-state index is -0.377. The molecule has 0 radical (unpaired) electrons. The third-order valence-corrected chi connectivity index (χ3v) is 2.57. The number of alkyl halides is 1. The number of aryl methyl sites for hydroxylation is 1. The number of halogens is 1. The van der Waals surface area contributed by atoms with E-state index in [1.807, 2.05) is 25.1 Å². The molecule has 0 heterocycles. The van der Waals surface area contributed by atoms with Gasteiger partial charge in [-0.05, 0) is 23.6 Å². The Labute approximate surface area is 90.5 Å². The molecule has 0 saturated heterocycles. The van der Waals surface area contributed by atoms with Gasteiger partial charge in [0, 0.05) is 5.92 Å². The third-order valence-electron chi connectivity index (χ3n) is 2.57. The van der Waals surface area contributed by atoms with Crippen LogP contribution >= 0.6 is 0 Å². The van der Waals surface area contributed by atoms with E-state index >= 15 is 0 Å². The van der Waals surface area contributed by atoms with Crippen molar-refractivity contribution in [2.24, 2.45) is 0 Å². The molecule has 0 saturated carbocycles. The van der Waals surface area contributed by atoms with E-state index in [4.69, 9.17) is 5.26 Å². The molecule has 1 nitrogen and oxygen atoms in total. The smallest absolute Gasteiger partial charge is 0.0994 e. The highest BCUT2D eigenvalue weighted by Gasteiger charge is 2.08. The van der Waals surface area contributed by atoms with Crippen molar-refractivity contribution in [3.8, 4) is 6.07 Å². The molecule has 1 atom stereocenters. The molecule has 1 aromatic rings. The first-order chi connectivity index (χ1) is 7.22. The predicted octanol–water partition coefficient (Wildman–Crippen LogP) is 3.58. The van der Waals surface area contributed by atoms with Crippen molar-refractivity contribution in [1.82, 2.24) is 0 Å². The molecule has 0 spiro atoms. The molecule has 1 unspecified atom stereocenters. The Morgan fingerprint density at radius 3 is 2.73 bits per heavy atom. The van der Waals surface area contributed by atoms with Crippen LogP contribution in [0, 0.1) is 11.3 Å². The van der Waals surface area contributed by atoms with Gasteiger partial charge in [0.1, 0.15) is 0 Å². The molecule has 0 fully saturated rings. The van der Waals surface area contributed by atoms with Crippen molar-refractivity contribution in [2.75, 3.05) is 6.67 Å². The van der Waals surface area contributed by atoms with Gasteiger partial charge in [-0.3, -0.25) is 4.39 Å². The Morgan fingerprint density at radius 2 is 2.20 bits per heavy atom. The van der Waals surface area contributed by atoms with E-state index in [0.717, 1.165) is 24.0 Å². The van der Waals surface area contributed by atoms with Crippen LogP contribution in [0.4, 0.5) is 4.39 Å². The summed E-state index contributed by atoms with van der Waals surface area (Å²) in [6, 6.07) is 7.87. The SMILES string of the molecule is CCCc1ccc(C(C)CF)cc1C#N. The number of benzene rings is 1. The summed E-state index contributed by atoms with van der Waals surface area (Å²) in [6.07, 6.45) is 1.93. The van der Waals surface area contributed by atoms with Gasteiger partial charge in [-0.15, -0.1) is 0 Å². The highest BCUT2D eigenvalue weighted by Crippen LogP contribution is 2.20. The van der Waals surface area contributed by atoms with Gasteiger partial charge >= 0.3 is 0 Å². The van der Waals surface area contributed by atoms with Crippen LogP contribution in [0.25, 0.3) is 0 Å². The summed E-state index contributed by atoms with van der Waals surface area (Å²) < 4.78 is 12.5. The number of hydrogen-bond acceptors (Lipinski definition) is 1. The van der Waals surface area contributed by atoms with Crippen LogP contribution in [0.15, 0.2) is 18.2 Å². The minimum Gasteiger partial charge on any atom is -0.250 e. The van der Waals surface area contributed by atoms with E-state index in [1.165, 1.54) is 0 Å². The average Bonchev–Trinajstić information content (AvgIpc) is 2.29. The molecule has 0 N–H and O–H groups in total. The van der Waals surface area contributed by atoms with Crippen molar-refractivity contribution in [2.45, 2.75) is 32.6 Å². The Kier molecular flexibility index (Phi) is 4.30. The molecule has 1 aromatic carbocycles. The van der Waals surface area contributed by atoms with E-state index in [2.05, 4.69) is 13.0 Å². The molecule has 0 amide bonds. The number of nitrogens with zero attached hydrogens (tertiary/aromatic N) is 1. The lowest BCUT2D eigenvalue weighted by atomic mass is 9.95. The molecule has 0 aliphatic carbocycles. The van der Waals surface area contributed by atoms with Gasteiger partial charge in [0.2, 0.25) is 0 Å². The van der Waals surface area contributed by atoms with Crippen LogP contribution in [0.2, 0.25) is 0 Å². The second kappa shape index (κ2) is 5.50. The molecule has 0 aliphatic rings. The van der Waals surface area contributed by atoms with Crippen LogP contribution in [0.1, 0.15) is 42.9 Å². The largest absolute Gasteiger partial charge is 0.250 e. The minimum absolute atomic E-state index is 0.118. The van der Waals surface area contributed by atoms with Gasteiger partial charge in [-0.25, -0.2) is 0 Å². The normalized spacial score (nSPS) is 12.1. The van der Waals surface area contributed by atoms with Gasteiger partial charge in [0.15, 0.2) is 0 Å². The molecule has 1 rings (SSSR count). The lowest BCUT2D eigenvalue weighted by molar-refractivity contribution is 0.447. The van der Waals surface area contributed by atoms with Crippen LogP contribution < -0.4 is 0 Å². The Hall–Kier alpha value is -1.36. The van der Waals surface area contributed by atoms with E-state index in [1.54, 1.807) is 0 Å². The molecular formula is C13H16FN. The Bertz CT molecular complexity index is 365. The third kappa shape index (κ3) is 2.79. The maximum atomic E-state index is 12.5. The first kappa shape index (κ1) is 11.7. The van der Waals surface area contributed by atoms with Gasteiger partial charge in [0.05, 0.1) is 18.3 Å².